The predicted molar refractivity (Wildman–Crippen MR) is 123 cm³/mol. The molecule has 154 valence electrons. The molecule has 0 amide bonds. The number of aryl methyl sites for hydroxylation is 1. The summed E-state index contributed by atoms with van der Waals surface area (Å²) in [7, 11) is 1.66. The summed E-state index contributed by atoms with van der Waals surface area (Å²) in [5, 5.41) is 18.9. The second kappa shape index (κ2) is 9.96. The minimum Gasteiger partial charge on any atom is -0.497 e. The zero-order valence-corrected chi connectivity index (χ0v) is 18.0. The molecule has 0 fully saturated rings. The van der Waals surface area contributed by atoms with Gasteiger partial charge in [-0.25, -0.2) is 0 Å². The number of aromatic nitrogens is 3. The molecule has 0 saturated carbocycles. The maximum Gasteiger partial charge on any atom is 0.191 e. The molecule has 0 aliphatic carbocycles. The van der Waals surface area contributed by atoms with Crippen LogP contribution in [0.2, 0.25) is 0 Å². The maximum atomic E-state index is 8.99. The average molecular weight is 427 g/mol. The molecule has 0 radical (unpaired) electrons. The normalized spacial score (nSPS) is 10.6. The fourth-order valence-corrected chi connectivity index (χ4v) is 4.18. The Morgan fingerprint density at radius 1 is 0.903 bits per heavy atom. The van der Waals surface area contributed by atoms with E-state index in [2.05, 4.69) is 45.1 Å². The van der Waals surface area contributed by atoms with Crippen molar-refractivity contribution in [3.05, 3.63) is 95.6 Å². The van der Waals surface area contributed by atoms with Crippen LogP contribution in [0.4, 0.5) is 0 Å². The topological polar surface area (TPSA) is 63.7 Å². The van der Waals surface area contributed by atoms with Crippen LogP contribution in [0, 0.1) is 11.3 Å². The molecular weight excluding hydrogens is 404 g/mol. The number of rotatable bonds is 8. The lowest BCUT2D eigenvalue weighted by atomic mass is 10.1. The molecule has 6 heteroatoms. The van der Waals surface area contributed by atoms with E-state index in [4.69, 9.17) is 10.00 Å². The van der Waals surface area contributed by atoms with Crippen LogP contribution >= 0.6 is 11.8 Å². The van der Waals surface area contributed by atoms with Gasteiger partial charge in [-0.2, -0.15) is 5.26 Å². The second-order valence-corrected chi connectivity index (χ2v) is 7.96. The lowest BCUT2D eigenvalue weighted by molar-refractivity contribution is 0.415. The molecule has 0 unspecified atom stereocenters. The molecule has 0 bridgehead atoms. The van der Waals surface area contributed by atoms with Crippen molar-refractivity contribution in [3.8, 4) is 23.2 Å². The molecule has 4 aromatic rings. The van der Waals surface area contributed by atoms with Crippen LogP contribution in [-0.2, 0) is 18.7 Å². The monoisotopic (exact) mass is 426 g/mol. The Kier molecular flexibility index (Phi) is 6.65. The first-order valence-corrected chi connectivity index (χ1v) is 11.0. The molecule has 0 spiro atoms. The smallest absolute Gasteiger partial charge is 0.191 e. The van der Waals surface area contributed by atoms with Gasteiger partial charge in [0.25, 0.3) is 0 Å². The second-order valence-electron chi connectivity index (χ2n) is 7.02. The number of nitriles is 1. The number of hydrogen-bond donors (Lipinski definition) is 0. The zero-order valence-electron chi connectivity index (χ0n) is 17.2. The third kappa shape index (κ3) is 5.14. The van der Waals surface area contributed by atoms with Gasteiger partial charge in [0.05, 0.1) is 18.7 Å². The van der Waals surface area contributed by atoms with Crippen LogP contribution < -0.4 is 4.74 Å². The summed E-state index contributed by atoms with van der Waals surface area (Å²) in [6.45, 7) is 0.786. The van der Waals surface area contributed by atoms with E-state index >= 15 is 0 Å². The molecular formula is C25H22N4OS. The van der Waals surface area contributed by atoms with E-state index in [0.29, 0.717) is 5.56 Å². The lowest BCUT2D eigenvalue weighted by Gasteiger charge is -2.11. The number of methoxy groups -OCH3 is 1. The summed E-state index contributed by atoms with van der Waals surface area (Å²) in [5.41, 5.74) is 4.10. The number of thioether (sulfide) groups is 1. The SMILES string of the molecule is COc1ccc(-c2nnc(SCc3ccc(C#N)cc3)n2CCc2ccccc2)cc1. The van der Waals surface area contributed by atoms with Gasteiger partial charge in [0.2, 0.25) is 0 Å². The summed E-state index contributed by atoms with van der Waals surface area (Å²) >= 11 is 1.65. The summed E-state index contributed by atoms with van der Waals surface area (Å²) in [6, 6.07) is 28.2. The molecule has 4 rings (SSSR count). The van der Waals surface area contributed by atoms with Crippen molar-refractivity contribution in [2.24, 2.45) is 0 Å². The summed E-state index contributed by atoms with van der Waals surface area (Å²) < 4.78 is 7.47. The summed E-state index contributed by atoms with van der Waals surface area (Å²) in [6.07, 6.45) is 0.895. The fraction of sp³-hybridized carbons (Fsp3) is 0.160. The number of hydrogen-bond acceptors (Lipinski definition) is 5. The molecule has 1 heterocycles. The molecule has 0 aliphatic heterocycles. The first-order valence-electron chi connectivity index (χ1n) is 10.00. The van der Waals surface area contributed by atoms with Gasteiger partial charge in [-0.3, -0.25) is 0 Å². The number of nitrogens with zero attached hydrogens (tertiary/aromatic N) is 4. The Bertz CT molecular complexity index is 1160. The van der Waals surface area contributed by atoms with Gasteiger partial charge in [-0.05, 0) is 53.9 Å². The largest absolute Gasteiger partial charge is 0.497 e. The van der Waals surface area contributed by atoms with Gasteiger partial charge in [0, 0.05) is 17.9 Å². The molecule has 31 heavy (non-hydrogen) atoms. The Hall–Kier alpha value is -3.56. The van der Waals surface area contributed by atoms with Crippen LogP contribution in [0.15, 0.2) is 84.0 Å². The molecule has 3 aromatic carbocycles. The Morgan fingerprint density at radius 2 is 1.65 bits per heavy atom. The Labute approximate surface area is 186 Å². The highest BCUT2D eigenvalue weighted by atomic mass is 32.2. The van der Waals surface area contributed by atoms with E-state index in [-0.39, 0.29) is 0 Å². The first-order chi connectivity index (χ1) is 15.3. The number of ether oxygens (including phenoxy) is 1. The van der Waals surface area contributed by atoms with Gasteiger partial charge < -0.3 is 9.30 Å². The Balaban J connectivity index is 1.58. The summed E-state index contributed by atoms with van der Waals surface area (Å²) in [5.74, 6) is 2.42. The average Bonchev–Trinajstić information content (AvgIpc) is 3.25. The standard InChI is InChI=1S/C25H22N4OS/c1-30-23-13-11-22(12-14-23)24-27-28-25(29(24)16-15-19-5-3-2-4-6-19)31-18-21-9-7-20(17-26)8-10-21/h2-14H,15-16,18H2,1H3. The predicted octanol–water partition coefficient (Wildman–Crippen LogP) is 5.36. The van der Waals surface area contributed by atoms with Crippen molar-refractivity contribution >= 4 is 11.8 Å². The van der Waals surface area contributed by atoms with Gasteiger partial charge in [-0.15, -0.1) is 10.2 Å². The van der Waals surface area contributed by atoms with Crippen molar-refractivity contribution in [3.63, 3.8) is 0 Å². The van der Waals surface area contributed by atoms with Crippen molar-refractivity contribution in [1.82, 2.24) is 14.8 Å². The number of benzene rings is 3. The first kappa shape index (κ1) is 20.7. The zero-order chi connectivity index (χ0) is 21.5. The van der Waals surface area contributed by atoms with Crippen LogP contribution in [0.25, 0.3) is 11.4 Å². The van der Waals surface area contributed by atoms with Gasteiger partial charge in [0.1, 0.15) is 5.75 Å². The van der Waals surface area contributed by atoms with Crippen molar-refractivity contribution in [1.29, 1.82) is 5.26 Å². The van der Waals surface area contributed by atoms with Gasteiger partial charge >= 0.3 is 0 Å². The third-order valence-corrected chi connectivity index (χ3v) is 6.02. The molecule has 0 aliphatic rings. The molecule has 5 nitrogen and oxygen atoms in total. The van der Waals surface area contributed by atoms with Crippen molar-refractivity contribution in [2.45, 2.75) is 23.9 Å². The summed E-state index contributed by atoms with van der Waals surface area (Å²) in [4.78, 5) is 0. The van der Waals surface area contributed by atoms with Crippen molar-refractivity contribution < 1.29 is 4.74 Å². The molecule has 0 saturated heterocycles. The van der Waals surface area contributed by atoms with Crippen LogP contribution in [-0.4, -0.2) is 21.9 Å². The quantitative estimate of drug-likeness (QED) is 0.355. The van der Waals surface area contributed by atoms with Crippen molar-refractivity contribution in [2.75, 3.05) is 7.11 Å². The van der Waals surface area contributed by atoms with E-state index in [0.717, 1.165) is 46.6 Å². The van der Waals surface area contributed by atoms with Crippen LogP contribution in [0.5, 0.6) is 5.75 Å². The molecule has 0 atom stereocenters. The Morgan fingerprint density at radius 3 is 2.32 bits per heavy atom. The van der Waals surface area contributed by atoms with Crippen LogP contribution in [0.1, 0.15) is 16.7 Å². The van der Waals surface area contributed by atoms with Gasteiger partial charge in [0.15, 0.2) is 11.0 Å². The van der Waals surface area contributed by atoms with E-state index < -0.39 is 0 Å². The highest BCUT2D eigenvalue weighted by Gasteiger charge is 2.15. The highest BCUT2D eigenvalue weighted by molar-refractivity contribution is 7.98. The van der Waals surface area contributed by atoms with E-state index in [9.17, 15) is 0 Å². The van der Waals surface area contributed by atoms with E-state index in [1.807, 2.05) is 54.6 Å². The van der Waals surface area contributed by atoms with Crippen LogP contribution in [0.3, 0.4) is 0 Å². The fourth-order valence-electron chi connectivity index (χ4n) is 3.26. The minimum absolute atomic E-state index is 0.668. The maximum absolute atomic E-state index is 8.99. The molecule has 1 aromatic heterocycles. The van der Waals surface area contributed by atoms with E-state index in [1.165, 1.54) is 5.56 Å². The highest BCUT2D eigenvalue weighted by Crippen LogP contribution is 2.28. The molecule has 0 N–H and O–H groups in total. The van der Waals surface area contributed by atoms with E-state index in [1.54, 1.807) is 18.9 Å². The minimum atomic E-state index is 0.668. The van der Waals surface area contributed by atoms with Gasteiger partial charge in [-0.1, -0.05) is 54.2 Å². The lowest BCUT2D eigenvalue weighted by Crippen LogP contribution is -2.05. The third-order valence-electron chi connectivity index (χ3n) is 4.98.